The lowest BCUT2D eigenvalue weighted by molar-refractivity contribution is -0.122. The fourth-order valence-corrected chi connectivity index (χ4v) is 11.3. The number of hydrogen-bond donors (Lipinski definition) is 2. The van der Waals surface area contributed by atoms with E-state index in [2.05, 4.69) is 36.1 Å². The predicted octanol–water partition coefficient (Wildman–Crippen LogP) is 8.68. The van der Waals surface area contributed by atoms with Gasteiger partial charge in [0, 0.05) is 47.8 Å². The van der Waals surface area contributed by atoms with Crippen LogP contribution in [-0.4, -0.2) is 72.4 Å². The maximum absolute atomic E-state index is 15.5. The van der Waals surface area contributed by atoms with Gasteiger partial charge in [-0.3, -0.25) is 28.2 Å². The van der Waals surface area contributed by atoms with Crippen LogP contribution in [0.2, 0.25) is 5.02 Å². The number of carbonyl (C=O) groups excluding carboxylic acids is 1. The van der Waals surface area contributed by atoms with Gasteiger partial charge in [-0.25, -0.2) is 44.7 Å². The Morgan fingerprint density at radius 3 is 2.37 bits per heavy atom. The summed E-state index contributed by atoms with van der Waals surface area (Å²) in [4.78, 5) is 39.4. The fraction of sp³-hybridized carbons (Fsp3) is 0.467. The Morgan fingerprint density at radius 1 is 1.00 bits per heavy atom. The van der Waals surface area contributed by atoms with Gasteiger partial charge in [-0.1, -0.05) is 27.5 Å². The van der Waals surface area contributed by atoms with Gasteiger partial charge >= 0.3 is 0 Å². The molecule has 3 atom stereocenters. The van der Waals surface area contributed by atoms with Crippen molar-refractivity contribution in [2.24, 2.45) is 5.92 Å². The molecule has 6 aromatic rings. The lowest BCUT2D eigenvalue weighted by Gasteiger charge is -2.39. The molecule has 4 aliphatic rings. The van der Waals surface area contributed by atoms with Crippen molar-refractivity contribution in [2.45, 2.75) is 113 Å². The Morgan fingerprint density at radius 2 is 1.72 bits per heavy atom. The molecule has 4 aliphatic carbocycles. The molecule has 0 spiro atoms. The van der Waals surface area contributed by atoms with Crippen LogP contribution in [0.5, 0.6) is 0 Å². The van der Waals surface area contributed by atoms with Gasteiger partial charge in [0.05, 0.1) is 62.6 Å². The summed E-state index contributed by atoms with van der Waals surface area (Å²) in [5.74, 6) is -4.83. The van der Waals surface area contributed by atoms with Crippen molar-refractivity contribution in [3.8, 4) is 5.69 Å². The van der Waals surface area contributed by atoms with Crippen molar-refractivity contribution < 1.29 is 39.6 Å². The first-order valence-corrected chi connectivity index (χ1v) is 25.3. The number of pyridine rings is 1. The summed E-state index contributed by atoms with van der Waals surface area (Å²) >= 11 is 10.2. The molecule has 354 valence electrons. The number of carbonyl (C=O) groups is 1. The highest BCUT2D eigenvalue weighted by Gasteiger charge is 2.52. The largest absolute Gasteiger partial charge is 0.344 e. The summed E-state index contributed by atoms with van der Waals surface area (Å²) in [6.45, 7) is 1.34. The zero-order valence-electron chi connectivity index (χ0n) is 36.0. The number of alkyl halides is 5. The first kappa shape index (κ1) is 45.7. The number of hydrogen-bond acceptors (Lipinski definition) is 8. The zero-order valence-corrected chi connectivity index (χ0v) is 39.2. The van der Waals surface area contributed by atoms with Crippen LogP contribution < -0.4 is 15.6 Å². The number of benzene rings is 2. The minimum atomic E-state index is -3.94. The van der Waals surface area contributed by atoms with Gasteiger partial charge in [-0.15, -0.1) is 0 Å². The number of fused-ring (bicyclic) bond motifs is 5. The van der Waals surface area contributed by atoms with Crippen LogP contribution in [0.25, 0.3) is 27.6 Å². The van der Waals surface area contributed by atoms with E-state index in [-0.39, 0.29) is 80.6 Å². The molecule has 0 saturated heterocycles. The summed E-state index contributed by atoms with van der Waals surface area (Å²) < 4.78 is 121. The average molecular weight is 1040 g/mol. The quantitative estimate of drug-likeness (QED) is 0.0811. The Hall–Kier alpha value is -5.02. The number of halogens is 8. The molecular weight excluding hydrogens is 992 g/mol. The van der Waals surface area contributed by atoms with Gasteiger partial charge in [0.2, 0.25) is 28.3 Å². The van der Waals surface area contributed by atoms with Gasteiger partial charge in [0.15, 0.2) is 11.5 Å². The molecule has 22 heteroatoms. The third kappa shape index (κ3) is 8.39. The summed E-state index contributed by atoms with van der Waals surface area (Å²) in [6, 6.07) is 5.52. The first-order valence-electron chi connectivity index (χ1n) is 21.9. The van der Waals surface area contributed by atoms with E-state index in [1.165, 1.54) is 35.4 Å². The minimum Gasteiger partial charge on any atom is -0.344 e. The first-order chi connectivity index (χ1) is 31.7. The van der Waals surface area contributed by atoms with Gasteiger partial charge in [0.1, 0.15) is 24.0 Å². The van der Waals surface area contributed by atoms with Crippen LogP contribution >= 0.6 is 27.5 Å². The number of rotatable bonds is 14. The molecule has 0 unspecified atom stereocenters. The molecule has 0 aliphatic heterocycles. The molecule has 10 rings (SSSR count). The van der Waals surface area contributed by atoms with Crippen molar-refractivity contribution >= 4 is 71.2 Å². The highest BCUT2D eigenvalue weighted by molar-refractivity contribution is 9.09. The Bertz CT molecular complexity index is 3180. The molecule has 0 radical (unpaired) electrons. The minimum absolute atomic E-state index is 0.0358. The SMILES string of the molecule is Cc1cc(C2(C(F)F)CCC(F)(F)CC2)nc2nc([C@H](Cc3cc(F)cc(F)c3)NC(=O)Cn3nc(C4CC4)c4c3C[C@@H]3C[C@H]43)n(-c3ccc(Cl)c4c(NS(C)(=O)=O)nn(CCBr)c34)c(=O)c12. The van der Waals surface area contributed by atoms with Crippen LogP contribution in [-0.2, 0) is 46.2 Å². The average Bonchev–Trinajstić information content (AvgIpc) is 4.13. The third-order valence-electron chi connectivity index (χ3n) is 13.6. The Labute approximate surface area is 392 Å². The molecule has 67 heavy (non-hydrogen) atoms. The van der Waals surface area contributed by atoms with Crippen molar-refractivity contribution in [3.63, 3.8) is 0 Å². The summed E-state index contributed by atoms with van der Waals surface area (Å²) in [6.07, 6.45) is -1.57. The maximum atomic E-state index is 15.5. The van der Waals surface area contributed by atoms with Crippen molar-refractivity contribution in [1.82, 2.24) is 39.4 Å². The van der Waals surface area contributed by atoms with E-state index in [9.17, 15) is 30.8 Å². The van der Waals surface area contributed by atoms with Crippen molar-refractivity contribution in [3.05, 3.63) is 103 Å². The number of amides is 1. The summed E-state index contributed by atoms with van der Waals surface area (Å²) in [5, 5.41) is 12.6. The Kier molecular flexibility index (Phi) is 11.3. The summed E-state index contributed by atoms with van der Waals surface area (Å²) in [7, 11) is -3.94. The van der Waals surface area contributed by atoms with Gasteiger partial charge in [-0.2, -0.15) is 10.2 Å². The van der Waals surface area contributed by atoms with Gasteiger partial charge in [0.25, 0.3) is 5.56 Å². The lowest BCUT2D eigenvalue weighted by atomic mass is 9.70. The van der Waals surface area contributed by atoms with E-state index in [0.29, 0.717) is 29.2 Å². The van der Waals surface area contributed by atoms with Crippen molar-refractivity contribution in [1.29, 1.82) is 0 Å². The molecule has 2 N–H and O–H groups in total. The summed E-state index contributed by atoms with van der Waals surface area (Å²) in [5.41, 5.74) is 0.0191. The standard InChI is InChI=1S/C45H43BrClF6N9O4S/c1-21-13-32(44(43(50)51)7-9-45(52,53)10-8-44)55-39-34(21)42(64)62(30-6-5-28(47)36-38(30)60(12-11-46)58-40(36)59-67(2,65)66)41(56-39)29(16-22-14-25(48)19-26(49)15-22)54-33(63)20-61-31-18-24-17-27(24)35(31)37(57-61)23-3-4-23/h5-6,13-15,19,23-24,27,29,43H,3-4,7-12,16-18,20H2,1-2H3,(H,54,63)(H,58,59)/t24-,27-,29-/m0/s1. The monoisotopic (exact) mass is 1030 g/mol. The second kappa shape index (κ2) is 16.6. The molecule has 1 amide bonds. The Balaban J connectivity index is 1.20. The normalized spacial score (nSPS) is 20.0. The lowest BCUT2D eigenvalue weighted by Crippen LogP contribution is -2.43. The van der Waals surface area contributed by atoms with Crippen LogP contribution in [0.1, 0.15) is 102 Å². The predicted molar refractivity (Wildman–Crippen MR) is 241 cm³/mol. The van der Waals surface area contributed by atoms with Crippen LogP contribution in [0.4, 0.5) is 32.2 Å². The van der Waals surface area contributed by atoms with E-state index >= 15 is 13.6 Å². The molecule has 2 aromatic carbocycles. The van der Waals surface area contributed by atoms with Crippen LogP contribution in [0, 0.1) is 24.5 Å². The van der Waals surface area contributed by atoms with E-state index in [0.717, 1.165) is 60.0 Å². The van der Waals surface area contributed by atoms with E-state index in [4.69, 9.17) is 21.7 Å². The molecule has 4 aromatic heterocycles. The third-order valence-corrected chi connectivity index (χ3v) is 14.9. The molecule has 3 fully saturated rings. The highest BCUT2D eigenvalue weighted by atomic mass is 79.9. The molecule has 3 saturated carbocycles. The smallest absolute Gasteiger partial charge is 0.268 e. The number of sulfonamides is 1. The molecule has 0 bridgehead atoms. The number of aryl methyl sites for hydroxylation is 2. The number of nitrogens with zero attached hydrogens (tertiary/aromatic N) is 7. The molecule has 13 nitrogen and oxygen atoms in total. The number of aromatic nitrogens is 7. The van der Waals surface area contributed by atoms with E-state index in [1.54, 1.807) is 4.68 Å². The second-order valence-corrected chi connectivity index (χ2v) is 21.4. The van der Waals surface area contributed by atoms with Crippen LogP contribution in [0.3, 0.4) is 0 Å². The van der Waals surface area contributed by atoms with E-state index < -0.39 is 82.6 Å². The number of anilines is 1. The highest BCUT2D eigenvalue weighted by Crippen LogP contribution is 2.60. The van der Waals surface area contributed by atoms with E-state index in [1.807, 2.05) is 0 Å². The number of nitrogens with one attached hydrogen (secondary N) is 2. The maximum Gasteiger partial charge on any atom is 0.268 e. The fourth-order valence-electron chi connectivity index (χ4n) is 10.2. The van der Waals surface area contributed by atoms with Gasteiger partial charge < -0.3 is 5.32 Å². The van der Waals surface area contributed by atoms with Crippen LogP contribution in [0.15, 0.2) is 41.2 Å². The van der Waals surface area contributed by atoms with Gasteiger partial charge in [-0.05, 0) is 98.7 Å². The topological polar surface area (TPSA) is 159 Å². The van der Waals surface area contributed by atoms with Crippen molar-refractivity contribution in [2.75, 3.05) is 16.3 Å². The second-order valence-electron chi connectivity index (χ2n) is 18.5. The molecular formula is C45H43BrClF6N9O4S. The zero-order chi connectivity index (χ0) is 47.5. The molecule has 4 heterocycles.